The fourth-order valence-electron chi connectivity index (χ4n) is 1.80. The summed E-state index contributed by atoms with van der Waals surface area (Å²) < 4.78 is 6.15. The van der Waals surface area contributed by atoms with Gasteiger partial charge in [-0.3, -0.25) is 4.79 Å². The number of nitrogens with zero attached hydrogens (tertiary/aromatic N) is 3. The number of hydrogen-bond donors (Lipinski definition) is 1. The summed E-state index contributed by atoms with van der Waals surface area (Å²) in [6, 6.07) is -0.525. The molecule has 7 heteroatoms. The average molecular weight is 268 g/mol. The summed E-state index contributed by atoms with van der Waals surface area (Å²) in [5, 5.41) is 10.5. The molecule has 106 valence electrons. The Hall–Kier alpha value is -1.92. The first kappa shape index (κ1) is 15.1. The molecule has 0 fully saturated rings. The van der Waals surface area contributed by atoms with Crippen molar-refractivity contribution >= 4 is 11.9 Å². The van der Waals surface area contributed by atoms with Crippen molar-refractivity contribution in [1.29, 1.82) is 0 Å². The van der Waals surface area contributed by atoms with Crippen molar-refractivity contribution in [1.82, 2.24) is 20.3 Å². The van der Waals surface area contributed by atoms with E-state index < -0.39 is 12.0 Å². The normalized spacial score (nSPS) is 12.3. The number of rotatable bonds is 5. The molecule has 19 heavy (non-hydrogen) atoms. The largest absolute Gasteiger partial charge is 0.464 e. The fourth-order valence-corrected chi connectivity index (χ4v) is 1.80. The van der Waals surface area contributed by atoms with E-state index in [4.69, 9.17) is 0 Å². The van der Waals surface area contributed by atoms with Gasteiger partial charge in [0, 0.05) is 6.54 Å². The van der Waals surface area contributed by atoms with Crippen LogP contribution in [0.1, 0.15) is 55.8 Å². The third-order valence-electron chi connectivity index (χ3n) is 2.75. The molecule has 1 amide bonds. The molecule has 0 aliphatic heterocycles. The van der Waals surface area contributed by atoms with Crippen molar-refractivity contribution in [3.63, 3.8) is 0 Å². The van der Waals surface area contributed by atoms with Crippen LogP contribution in [0.3, 0.4) is 0 Å². The van der Waals surface area contributed by atoms with Crippen LogP contribution in [-0.4, -0.2) is 40.5 Å². The molecule has 0 spiro atoms. The second kappa shape index (κ2) is 6.31. The summed E-state index contributed by atoms with van der Waals surface area (Å²) in [6.07, 6.45) is 0. The van der Waals surface area contributed by atoms with Crippen LogP contribution in [0.2, 0.25) is 0 Å². The van der Waals surface area contributed by atoms with E-state index in [0.717, 1.165) is 0 Å². The standard InChI is InChI=1S/C12H20N4O3/c1-6-13-11(17)8(4)16-10(7(2)3)9(14-15-16)12(18)19-5/h7-8H,6H2,1-5H3,(H,13,17). The zero-order chi connectivity index (χ0) is 14.6. The molecule has 1 heterocycles. The number of ether oxygens (including phenoxy) is 1. The van der Waals surface area contributed by atoms with Crippen molar-refractivity contribution in [2.24, 2.45) is 0 Å². The SMILES string of the molecule is CCNC(=O)C(C)n1nnc(C(=O)OC)c1C(C)C. The predicted molar refractivity (Wildman–Crippen MR) is 68.8 cm³/mol. The number of esters is 1. The molecule has 0 aliphatic rings. The Morgan fingerprint density at radius 3 is 2.47 bits per heavy atom. The van der Waals surface area contributed by atoms with Gasteiger partial charge in [-0.1, -0.05) is 19.1 Å². The van der Waals surface area contributed by atoms with Gasteiger partial charge in [-0.05, 0) is 19.8 Å². The van der Waals surface area contributed by atoms with E-state index in [1.54, 1.807) is 6.92 Å². The Morgan fingerprint density at radius 2 is 2.00 bits per heavy atom. The summed E-state index contributed by atoms with van der Waals surface area (Å²) in [5.41, 5.74) is 0.763. The minimum absolute atomic E-state index is 0.000904. The molecule has 0 bridgehead atoms. The minimum atomic E-state index is -0.543. The maximum absolute atomic E-state index is 11.9. The highest BCUT2D eigenvalue weighted by Crippen LogP contribution is 2.21. The fraction of sp³-hybridized carbons (Fsp3) is 0.667. The number of carbonyl (C=O) groups is 2. The molecule has 0 aliphatic carbocycles. The number of aromatic nitrogens is 3. The molecule has 1 rings (SSSR count). The highest BCUT2D eigenvalue weighted by molar-refractivity contribution is 5.88. The first-order chi connectivity index (χ1) is 8.93. The van der Waals surface area contributed by atoms with Crippen LogP contribution in [0.5, 0.6) is 0 Å². The van der Waals surface area contributed by atoms with Crippen LogP contribution < -0.4 is 5.32 Å². The molecule has 0 radical (unpaired) electrons. The number of methoxy groups -OCH3 is 1. The molecule has 1 aromatic heterocycles. The van der Waals surface area contributed by atoms with Crippen molar-refractivity contribution < 1.29 is 14.3 Å². The lowest BCUT2D eigenvalue weighted by molar-refractivity contribution is -0.124. The molecule has 0 aromatic carbocycles. The van der Waals surface area contributed by atoms with Crippen LogP contribution in [0, 0.1) is 0 Å². The Morgan fingerprint density at radius 1 is 1.37 bits per heavy atom. The van der Waals surface area contributed by atoms with Crippen molar-refractivity contribution in [2.45, 2.75) is 39.7 Å². The van der Waals surface area contributed by atoms with E-state index in [0.29, 0.717) is 12.2 Å². The monoisotopic (exact) mass is 268 g/mol. The molecule has 0 saturated heterocycles. The van der Waals surface area contributed by atoms with Gasteiger partial charge in [-0.25, -0.2) is 9.48 Å². The van der Waals surface area contributed by atoms with Gasteiger partial charge in [0.05, 0.1) is 12.8 Å². The topological polar surface area (TPSA) is 86.1 Å². The molecular formula is C12H20N4O3. The Bertz CT molecular complexity index is 468. The van der Waals surface area contributed by atoms with E-state index in [1.165, 1.54) is 11.8 Å². The number of amides is 1. The highest BCUT2D eigenvalue weighted by Gasteiger charge is 2.27. The number of carbonyl (C=O) groups excluding carboxylic acids is 2. The number of hydrogen-bond acceptors (Lipinski definition) is 5. The first-order valence-corrected chi connectivity index (χ1v) is 6.25. The van der Waals surface area contributed by atoms with Gasteiger partial charge in [0.1, 0.15) is 6.04 Å². The van der Waals surface area contributed by atoms with E-state index in [2.05, 4.69) is 20.4 Å². The molecule has 1 aromatic rings. The Kier molecular flexibility index (Phi) is 5.02. The molecule has 1 N–H and O–H groups in total. The van der Waals surface area contributed by atoms with Gasteiger partial charge in [-0.15, -0.1) is 5.10 Å². The van der Waals surface area contributed by atoms with Crippen molar-refractivity contribution in [3.8, 4) is 0 Å². The molecule has 1 atom stereocenters. The molecule has 0 saturated carbocycles. The van der Waals surface area contributed by atoms with Gasteiger partial charge in [-0.2, -0.15) is 0 Å². The lowest BCUT2D eigenvalue weighted by Gasteiger charge is -2.16. The van der Waals surface area contributed by atoms with Crippen molar-refractivity contribution in [3.05, 3.63) is 11.4 Å². The van der Waals surface area contributed by atoms with Crippen molar-refractivity contribution in [2.75, 3.05) is 13.7 Å². The molecular weight excluding hydrogens is 248 g/mol. The Labute approximate surface area is 112 Å². The van der Waals surface area contributed by atoms with Crippen LogP contribution in [0.4, 0.5) is 0 Å². The summed E-state index contributed by atoms with van der Waals surface area (Å²) in [6.45, 7) is 7.92. The third kappa shape index (κ3) is 3.10. The van der Waals surface area contributed by atoms with Crippen LogP contribution in [0.15, 0.2) is 0 Å². The predicted octanol–water partition coefficient (Wildman–Crippen LogP) is 0.885. The molecule has 1 unspecified atom stereocenters. The average Bonchev–Trinajstić information content (AvgIpc) is 2.81. The van der Waals surface area contributed by atoms with Gasteiger partial charge < -0.3 is 10.1 Å². The van der Waals surface area contributed by atoms with Crippen LogP contribution >= 0.6 is 0 Å². The lowest BCUT2D eigenvalue weighted by atomic mass is 10.1. The van der Waals surface area contributed by atoms with E-state index in [1.807, 2.05) is 20.8 Å². The van der Waals surface area contributed by atoms with Gasteiger partial charge in [0.2, 0.25) is 5.91 Å². The van der Waals surface area contributed by atoms with Gasteiger partial charge in [0.15, 0.2) is 5.69 Å². The number of nitrogens with one attached hydrogen (secondary N) is 1. The van der Waals surface area contributed by atoms with Crippen LogP contribution in [0.25, 0.3) is 0 Å². The molecule has 7 nitrogen and oxygen atoms in total. The first-order valence-electron chi connectivity index (χ1n) is 6.25. The number of likely N-dealkylation sites (N-methyl/N-ethyl adjacent to an activating group) is 1. The van der Waals surface area contributed by atoms with E-state index in [-0.39, 0.29) is 17.5 Å². The highest BCUT2D eigenvalue weighted by atomic mass is 16.5. The Balaban J connectivity index is 3.18. The van der Waals surface area contributed by atoms with E-state index in [9.17, 15) is 9.59 Å². The quantitative estimate of drug-likeness (QED) is 0.801. The maximum Gasteiger partial charge on any atom is 0.360 e. The summed E-state index contributed by atoms with van der Waals surface area (Å²) in [5.74, 6) is -0.704. The third-order valence-corrected chi connectivity index (χ3v) is 2.75. The van der Waals surface area contributed by atoms with E-state index >= 15 is 0 Å². The maximum atomic E-state index is 11.9. The summed E-state index contributed by atoms with van der Waals surface area (Å²) in [7, 11) is 1.29. The zero-order valence-corrected chi connectivity index (χ0v) is 11.9. The smallest absolute Gasteiger partial charge is 0.360 e. The second-order valence-electron chi connectivity index (χ2n) is 4.48. The summed E-state index contributed by atoms with van der Waals surface area (Å²) in [4.78, 5) is 23.5. The van der Waals surface area contributed by atoms with Gasteiger partial charge >= 0.3 is 5.97 Å². The van der Waals surface area contributed by atoms with Crippen LogP contribution in [-0.2, 0) is 9.53 Å². The lowest BCUT2D eigenvalue weighted by Crippen LogP contribution is -2.32. The summed E-state index contributed by atoms with van der Waals surface area (Å²) >= 11 is 0. The zero-order valence-electron chi connectivity index (χ0n) is 11.9. The minimum Gasteiger partial charge on any atom is -0.464 e. The second-order valence-corrected chi connectivity index (χ2v) is 4.48. The van der Waals surface area contributed by atoms with Gasteiger partial charge in [0.25, 0.3) is 0 Å².